The zero-order valence-electron chi connectivity index (χ0n) is 23.6. The number of amides is 2. The third kappa shape index (κ3) is 5.76. The normalized spacial score (nSPS) is 32.5. The van der Waals surface area contributed by atoms with Crippen LogP contribution in [0.5, 0.6) is 0 Å². The first-order chi connectivity index (χ1) is 18.9. The molecule has 0 aliphatic heterocycles. The molecule has 5 saturated carbocycles. The van der Waals surface area contributed by atoms with E-state index in [2.05, 4.69) is 16.0 Å². The Bertz CT molecular complexity index is 1020. The van der Waals surface area contributed by atoms with Gasteiger partial charge in [0.15, 0.2) is 0 Å². The summed E-state index contributed by atoms with van der Waals surface area (Å²) in [5.74, 6) is 3.74. The minimum absolute atomic E-state index is 0.195. The van der Waals surface area contributed by atoms with Crippen LogP contribution in [0, 0.1) is 23.7 Å². The van der Waals surface area contributed by atoms with Gasteiger partial charge in [-0.1, -0.05) is 60.7 Å². The summed E-state index contributed by atoms with van der Waals surface area (Å²) < 4.78 is 0. The average molecular weight is 530 g/mol. The van der Waals surface area contributed by atoms with E-state index >= 15 is 0 Å². The van der Waals surface area contributed by atoms with E-state index in [4.69, 9.17) is 0 Å². The van der Waals surface area contributed by atoms with Crippen molar-refractivity contribution in [1.29, 1.82) is 0 Å². The maximum atomic E-state index is 13.0. The Morgan fingerprint density at radius 2 is 1.38 bits per heavy atom. The van der Waals surface area contributed by atoms with Crippen molar-refractivity contribution in [2.45, 2.75) is 101 Å². The van der Waals surface area contributed by atoms with Crippen LogP contribution in [0.4, 0.5) is 4.79 Å². The Morgan fingerprint density at radius 1 is 0.872 bits per heavy atom. The molecule has 0 aromatic heterocycles. The second kappa shape index (κ2) is 11.2. The maximum absolute atomic E-state index is 13.0. The van der Waals surface area contributed by atoms with Crippen LogP contribution in [0.15, 0.2) is 60.7 Å². The molecule has 39 heavy (non-hydrogen) atoms. The van der Waals surface area contributed by atoms with Gasteiger partial charge in [-0.25, -0.2) is 4.79 Å². The Labute approximate surface area is 234 Å². The van der Waals surface area contributed by atoms with Crippen molar-refractivity contribution < 1.29 is 9.90 Å². The van der Waals surface area contributed by atoms with E-state index in [1.54, 1.807) is 0 Å². The van der Waals surface area contributed by atoms with E-state index in [0.717, 1.165) is 54.2 Å². The van der Waals surface area contributed by atoms with Crippen molar-refractivity contribution in [2.75, 3.05) is 6.54 Å². The van der Waals surface area contributed by atoms with Crippen LogP contribution in [0.2, 0.25) is 0 Å². The Balaban J connectivity index is 0.969. The molecule has 5 heteroatoms. The van der Waals surface area contributed by atoms with Crippen LogP contribution in [0.3, 0.4) is 0 Å². The lowest BCUT2D eigenvalue weighted by atomic mass is 9.53. The highest BCUT2D eigenvalue weighted by Gasteiger charge is 2.50. The predicted octanol–water partition coefficient (Wildman–Crippen LogP) is 6.12. The van der Waals surface area contributed by atoms with E-state index in [1.807, 2.05) is 67.6 Å². The Kier molecular flexibility index (Phi) is 7.74. The van der Waals surface area contributed by atoms with Crippen molar-refractivity contribution in [2.24, 2.45) is 23.7 Å². The van der Waals surface area contributed by atoms with Gasteiger partial charge in [-0.3, -0.25) is 0 Å². The largest absolute Gasteiger partial charge is 0.378 e. The van der Waals surface area contributed by atoms with Crippen LogP contribution >= 0.6 is 0 Å². The molecule has 0 saturated heterocycles. The van der Waals surface area contributed by atoms with Gasteiger partial charge in [0.25, 0.3) is 0 Å². The van der Waals surface area contributed by atoms with E-state index < -0.39 is 11.6 Å². The van der Waals surface area contributed by atoms with Gasteiger partial charge in [0.1, 0.15) is 5.60 Å². The number of carbonyl (C=O) groups is 1. The van der Waals surface area contributed by atoms with Crippen molar-refractivity contribution in [3.63, 3.8) is 0 Å². The number of carbonyl (C=O) groups excluding carboxylic acids is 1. The SMILES string of the molecule is C[C@@H](NC(=O)NC1CCC(CCNC23CC4CC(CC(C4)C2)C3)CC1)C(O)(c1ccccc1)c1ccccc1. The third-order valence-corrected chi connectivity index (χ3v) is 10.7. The number of hydrogen-bond acceptors (Lipinski definition) is 3. The highest BCUT2D eigenvalue weighted by Crippen LogP contribution is 2.55. The summed E-state index contributed by atoms with van der Waals surface area (Å²) in [5.41, 5.74) is 0.684. The second-order valence-corrected chi connectivity index (χ2v) is 13.5. The molecule has 5 aliphatic carbocycles. The van der Waals surface area contributed by atoms with Crippen molar-refractivity contribution in [3.8, 4) is 0 Å². The molecule has 0 unspecified atom stereocenters. The molecule has 1 atom stereocenters. The minimum atomic E-state index is -1.32. The topological polar surface area (TPSA) is 73.4 Å². The van der Waals surface area contributed by atoms with E-state index in [1.165, 1.54) is 57.8 Å². The van der Waals surface area contributed by atoms with Crippen LogP contribution in [-0.2, 0) is 5.60 Å². The molecule has 0 radical (unpaired) electrons. The lowest BCUT2D eigenvalue weighted by molar-refractivity contribution is -0.0202. The highest BCUT2D eigenvalue weighted by molar-refractivity contribution is 5.75. The van der Waals surface area contributed by atoms with Crippen LogP contribution in [0.25, 0.3) is 0 Å². The molecule has 2 aromatic rings. The molecule has 4 N–H and O–H groups in total. The summed E-state index contributed by atoms with van der Waals surface area (Å²) in [7, 11) is 0. The van der Waals surface area contributed by atoms with Gasteiger partial charge in [0.05, 0.1) is 6.04 Å². The quantitative estimate of drug-likeness (QED) is 0.316. The van der Waals surface area contributed by atoms with Gasteiger partial charge < -0.3 is 21.1 Å². The Morgan fingerprint density at radius 3 is 1.90 bits per heavy atom. The van der Waals surface area contributed by atoms with Crippen LogP contribution in [-0.4, -0.2) is 35.3 Å². The van der Waals surface area contributed by atoms with Crippen molar-refractivity contribution in [1.82, 2.24) is 16.0 Å². The number of hydrogen-bond donors (Lipinski definition) is 4. The van der Waals surface area contributed by atoms with E-state index in [0.29, 0.717) is 5.54 Å². The minimum Gasteiger partial charge on any atom is -0.378 e. The van der Waals surface area contributed by atoms with Crippen molar-refractivity contribution in [3.05, 3.63) is 71.8 Å². The predicted molar refractivity (Wildman–Crippen MR) is 156 cm³/mol. The molecule has 5 nitrogen and oxygen atoms in total. The fourth-order valence-corrected chi connectivity index (χ4v) is 9.04. The first-order valence-electron chi connectivity index (χ1n) is 15.6. The average Bonchev–Trinajstić information content (AvgIpc) is 2.93. The van der Waals surface area contributed by atoms with Crippen molar-refractivity contribution >= 4 is 6.03 Å². The van der Waals surface area contributed by atoms with E-state index in [9.17, 15) is 9.90 Å². The Hall–Kier alpha value is -2.37. The van der Waals surface area contributed by atoms with Gasteiger partial charge in [-0.2, -0.15) is 0 Å². The molecular formula is C34H47N3O2. The molecule has 5 aliphatic rings. The molecule has 7 rings (SSSR count). The molecule has 0 heterocycles. The second-order valence-electron chi connectivity index (χ2n) is 13.5. The van der Waals surface area contributed by atoms with Gasteiger partial charge >= 0.3 is 6.03 Å². The molecule has 210 valence electrons. The number of urea groups is 1. The number of rotatable bonds is 9. The van der Waals surface area contributed by atoms with Gasteiger partial charge in [0, 0.05) is 11.6 Å². The van der Waals surface area contributed by atoms with Crippen LogP contribution in [0.1, 0.15) is 88.7 Å². The van der Waals surface area contributed by atoms with Gasteiger partial charge in [0.2, 0.25) is 0 Å². The van der Waals surface area contributed by atoms with E-state index in [-0.39, 0.29) is 12.1 Å². The highest BCUT2D eigenvalue weighted by atomic mass is 16.3. The van der Waals surface area contributed by atoms with Crippen LogP contribution < -0.4 is 16.0 Å². The fourth-order valence-electron chi connectivity index (χ4n) is 9.04. The summed E-state index contributed by atoms with van der Waals surface area (Å²) in [6.45, 7) is 3.04. The molecule has 5 fully saturated rings. The molecular weight excluding hydrogens is 482 g/mol. The lowest BCUT2D eigenvalue weighted by Crippen LogP contribution is -2.58. The molecule has 2 amide bonds. The van der Waals surface area contributed by atoms with Gasteiger partial charge in [-0.15, -0.1) is 0 Å². The number of nitrogens with one attached hydrogen (secondary N) is 3. The summed E-state index contributed by atoms with van der Waals surface area (Å²) in [6, 6.07) is 18.8. The summed E-state index contributed by atoms with van der Waals surface area (Å²) in [4.78, 5) is 13.0. The number of benzene rings is 2. The zero-order chi connectivity index (χ0) is 26.9. The maximum Gasteiger partial charge on any atom is 0.315 e. The molecule has 4 bridgehead atoms. The smallest absolute Gasteiger partial charge is 0.315 e. The monoisotopic (exact) mass is 529 g/mol. The number of aliphatic hydroxyl groups is 1. The lowest BCUT2D eigenvalue weighted by Gasteiger charge is -2.57. The first-order valence-corrected chi connectivity index (χ1v) is 15.6. The summed E-state index contributed by atoms with van der Waals surface area (Å²) >= 11 is 0. The molecule has 0 spiro atoms. The molecule has 2 aromatic carbocycles. The fraction of sp³-hybridized carbons (Fsp3) is 0.618. The summed E-state index contributed by atoms with van der Waals surface area (Å²) in [5, 5.41) is 22.3. The standard InChI is InChI=1S/C34H47N3O2/c1-24(34(39,29-8-4-2-5-9-29)30-10-6-3-7-11-30)36-32(38)37-31-14-12-25(13-15-31)16-17-35-33-21-26-18-27(22-33)20-28(19-26)23-33/h2-11,24-28,31,35,39H,12-23H2,1H3,(H2,36,37,38)/t24-,25?,26?,27?,28?,31?,33?/m1/s1. The zero-order valence-corrected chi connectivity index (χ0v) is 23.6. The van der Waals surface area contributed by atoms with Gasteiger partial charge in [-0.05, 0) is 119 Å². The summed E-state index contributed by atoms with van der Waals surface area (Å²) in [6.07, 6.45) is 14.5. The third-order valence-electron chi connectivity index (χ3n) is 10.7. The first kappa shape index (κ1) is 26.8.